The first-order valence-corrected chi connectivity index (χ1v) is 8.13. The smallest absolute Gasteiger partial charge is 0.261 e. The molecule has 0 unspecified atom stereocenters. The summed E-state index contributed by atoms with van der Waals surface area (Å²) in [6.45, 7) is 0. The van der Waals surface area contributed by atoms with Crippen LogP contribution in [0.5, 0.6) is 0 Å². The third-order valence-corrected chi connectivity index (χ3v) is 4.51. The van der Waals surface area contributed by atoms with E-state index in [9.17, 15) is 21.6 Å². The summed E-state index contributed by atoms with van der Waals surface area (Å²) in [6, 6.07) is 1.12. The summed E-state index contributed by atoms with van der Waals surface area (Å²) in [5.41, 5.74) is 0. The zero-order valence-corrected chi connectivity index (χ0v) is 13.7. The van der Waals surface area contributed by atoms with Crippen LogP contribution in [0, 0.1) is 17.5 Å². The number of anilines is 1. The summed E-state index contributed by atoms with van der Waals surface area (Å²) in [7, 11) is -4.50. The summed E-state index contributed by atoms with van der Waals surface area (Å²) in [6.07, 6.45) is 1.20. The molecule has 0 spiro atoms. The third-order valence-electron chi connectivity index (χ3n) is 2.22. The number of aromatic nitrogens is 2. The fourth-order valence-corrected chi connectivity index (χ4v) is 3.44. The van der Waals surface area contributed by atoms with Crippen LogP contribution in [0.4, 0.5) is 19.0 Å². The van der Waals surface area contributed by atoms with Crippen molar-refractivity contribution in [2.45, 2.75) is 4.90 Å². The predicted molar refractivity (Wildman–Crippen MR) is 74.6 cm³/mol. The Morgan fingerprint density at radius 2 is 1.76 bits per heavy atom. The molecule has 0 saturated heterocycles. The first-order chi connectivity index (χ1) is 9.72. The molecule has 0 aliphatic carbocycles. The molecule has 1 heterocycles. The zero-order valence-electron chi connectivity index (χ0n) is 9.74. The van der Waals surface area contributed by atoms with Gasteiger partial charge in [-0.1, -0.05) is 0 Å². The van der Waals surface area contributed by atoms with Crippen molar-refractivity contribution in [2.24, 2.45) is 0 Å². The molecule has 0 aliphatic heterocycles. The standard InChI is InChI=1S/C10H4Br2F3N3O2S/c11-6-3-16-10(9(12)17-6)18-21(19,20)5-2-1-4(13)7(14)8(5)15/h1-3H,(H,16,18). The van der Waals surface area contributed by atoms with Gasteiger partial charge in [0, 0.05) is 0 Å². The molecule has 2 rings (SSSR count). The number of hydrogen-bond donors (Lipinski definition) is 1. The highest BCUT2D eigenvalue weighted by Crippen LogP contribution is 2.25. The van der Waals surface area contributed by atoms with E-state index in [0.29, 0.717) is 16.7 Å². The molecule has 5 nitrogen and oxygen atoms in total. The predicted octanol–water partition coefficient (Wildman–Crippen LogP) is 3.22. The second-order valence-corrected chi connectivity index (χ2v) is 6.83. The van der Waals surface area contributed by atoms with E-state index >= 15 is 0 Å². The van der Waals surface area contributed by atoms with Gasteiger partial charge in [0.25, 0.3) is 10.0 Å². The monoisotopic (exact) mass is 445 g/mol. The Hall–Kier alpha value is -1.20. The second-order valence-electron chi connectivity index (χ2n) is 3.61. The van der Waals surface area contributed by atoms with Crippen LogP contribution >= 0.6 is 31.9 Å². The Balaban J connectivity index is 2.46. The van der Waals surface area contributed by atoms with Crippen molar-refractivity contribution in [3.63, 3.8) is 0 Å². The van der Waals surface area contributed by atoms with Gasteiger partial charge in [0.15, 0.2) is 27.9 Å². The Morgan fingerprint density at radius 1 is 1.10 bits per heavy atom. The first kappa shape index (κ1) is 16.2. The number of rotatable bonds is 3. The van der Waals surface area contributed by atoms with Crippen LogP contribution in [0.15, 0.2) is 32.4 Å². The van der Waals surface area contributed by atoms with E-state index in [1.54, 1.807) is 0 Å². The number of halogens is 5. The van der Waals surface area contributed by atoms with Gasteiger partial charge >= 0.3 is 0 Å². The average Bonchev–Trinajstić information content (AvgIpc) is 2.39. The largest absolute Gasteiger partial charge is 0.266 e. The van der Waals surface area contributed by atoms with Crippen LogP contribution in [0.3, 0.4) is 0 Å². The first-order valence-electron chi connectivity index (χ1n) is 5.06. The van der Waals surface area contributed by atoms with E-state index in [4.69, 9.17) is 0 Å². The van der Waals surface area contributed by atoms with Crippen molar-refractivity contribution in [3.05, 3.63) is 45.0 Å². The Labute approximate surface area is 133 Å². The fourth-order valence-electron chi connectivity index (χ4n) is 1.31. The van der Waals surface area contributed by atoms with Crippen LogP contribution < -0.4 is 4.72 Å². The van der Waals surface area contributed by atoms with E-state index in [1.807, 2.05) is 4.72 Å². The molecular weight excluding hydrogens is 443 g/mol. The quantitative estimate of drug-likeness (QED) is 0.735. The van der Waals surface area contributed by atoms with Crippen molar-refractivity contribution >= 4 is 47.7 Å². The van der Waals surface area contributed by atoms with E-state index in [-0.39, 0.29) is 10.4 Å². The molecule has 2 aromatic rings. The van der Waals surface area contributed by atoms with Gasteiger partial charge < -0.3 is 0 Å². The highest BCUT2D eigenvalue weighted by atomic mass is 79.9. The summed E-state index contributed by atoms with van der Waals surface area (Å²) >= 11 is 5.98. The Morgan fingerprint density at radius 3 is 2.38 bits per heavy atom. The lowest BCUT2D eigenvalue weighted by Gasteiger charge is -2.09. The summed E-state index contributed by atoms with van der Waals surface area (Å²) in [5, 5.41) is 0. The molecule has 112 valence electrons. The molecule has 21 heavy (non-hydrogen) atoms. The molecule has 1 aromatic heterocycles. The van der Waals surface area contributed by atoms with Crippen LogP contribution in [-0.4, -0.2) is 18.4 Å². The summed E-state index contributed by atoms with van der Waals surface area (Å²) < 4.78 is 65.7. The van der Waals surface area contributed by atoms with E-state index in [1.165, 1.54) is 6.20 Å². The number of sulfonamides is 1. The SMILES string of the molecule is O=S(=O)(Nc1ncc(Br)nc1Br)c1ccc(F)c(F)c1F. The molecule has 1 N–H and O–H groups in total. The Kier molecular flexibility index (Phi) is 4.54. The van der Waals surface area contributed by atoms with Crippen molar-refractivity contribution in [2.75, 3.05) is 4.72 Å². The van der Waals surface area contributed by atoms with Gasteiger partial charge in [0.05, 0.1) is 6.20 Å². The molecule has 11 heteroatoms. The maximum Gasteiger partial charge on any atom is 0.266 e. The van der Waals surface area contributed by atoms with Crippen LogP contribution in [-0.2, 0) is 10.0 Å². The Bertz CT molecular complexity index is 817. The number of benzene rings is 1. The number of nitrogens with one attached hydrogen (secondary N) is 1. The zero-order chi connectivity index (χ0) is 15.8. The molecule has 0 fully saturated rings. The van der Waals surface area contributed by atoms with Gasteiger partial charge in [-0.25, -0.2) is 31.6 Å². The van der Waals surface area contributed by atoms with Gasteiger partial charge in [-0.05, 0) is 44.0 Å². The molecule has 0 aliphatic rings. The van der Waals surface area contributed by atoms with Gasteiger partial charge in [0.2, 0.25) is 0 Å². The minimum atomic E-state index is -4.50. The minimum Gasteiger partial charge on any atom is -0.261 e. The van der Waals surface area contributed by atoms with Crippen LogP contribution in [0.2, 0.25) is 0 Å². The van der Waals surface area contributed by atoms with Crippen molar-refractivity contribution in [1.29, 1.82) is 0 Å². The van der Waals surface area contributed by atoms with Gasteiger partial charge in [0.1, 0.15) is 9.50 Å². The normalized spacial score (nSPS) is 11.5. The van der Waals surface area contributed by atoms with Gasteiger partial charge in [-0.2, -0.15) is 0 Å². The lowest BCUT2D eigenvalue weighted by Crippen LogP contribution is -2.17. The molecule has 0 atom stereocenters. The van der Waals surface area contributed by atoms with Crippen molar-refractivity contribution in [1.82, 2.24) is 9.97 Å². The third kappa shape index (κ3) is 3.35. The van der Waals surface area contributed by atoms with Gasteiger partial charge in [-0.3, -0.25) is 4.72 Å². The molecule has 0 radical (unpaired) electrons. The van der Waals surface area contributed by atoms with Gasteiger partial charge in [-0.15, -0.1) is 0 Å². The topological polar surface area (TPSA) is 72.0 Å². The van der Waals surface area contributed by atoms with Crippen molar-refractivity contribution < 1.29 is 21.6 Å². The molecule has 0 saturated carbocycles. The maximum atomic E-state index is 13.5. The molecule has 0 amide bonds. The highest BCUT2D eigenvalue weighted by Gasteiger charge is 2.25. The second kappa shape index (κ2) is 5.89. The number of nitrogens with zero attached hydrogens (tertiary/aromatic N) is 2. The van der Waals surface area contributed by atoms with Crippen molar-refractivity contribution in [3.8, 4) is 0 Å². The molecule has 1 aromatic carbocycles. The lowest BCUT2D eigenvalue weighted by atomic mass is 10.3. The summed E-state index contributed by atoms with van der Waals surface area (Å²) in [5.74, 6) is -5.42. The highest BCUT2D eigenvalue weighted by molar-refractivity contribution is 9.11. The van der Waals surface area contributed by atoms with E-state index < -0.39 is 32.4 Å². The average molecular weight is 447 g/mol. The molecular formula is C10H4Br2F3N3O2S. The van der Waals surface area contributed by atoms with Crippen LogP contribution in [0.1, 0.15) is 0 Å². The fraction of sp³-hybridized carbons (Fsp3) is 0. The van der Waals surface area contributed by atoms with Crippen LogP contribution in [0.25, 0.3) is 0 Å². The minimum absolute atomic E-state index is 0.0310. The summed E-state index contributed by atoms with van der Waals surface area (Å²) in [4.78, 5) is 6.50. The lowest BCUT2D eigenvalue weighted by molar-refractivity contribution is 0.432. The molecule has 0 bridgehead atoms. The maximum absolute atomic E-state index is 13.5. The number of hydrogen-bond acceptors (Lipinski definition) is 4. The van der Waals surface area contributed by atoms with E-state index in [2.05, 4.69) is 41.8 Å². The van der Waals surface area contributed by atoms with E-state index in [0.717, 1.165) is 0 Å².